The number of benzene rings is 2. The van der Waals surface area contributed by atoms with E-state index < -0.39 is 0 Å². The second-order valence-electron chi connectivity index (χ2n) is 4.90. The minimum Gasteiger partial charge on any atom is -0.507 e. The second kappa shape index (κ2) is 5.31. The Morgan fingerprint density at radius 3 is 2.21 bits per heavy atom. The zero-order valence-electron chi connectivity index (χ0n) is 11.4. The standard InChI is InChI=1S/C16H18FNO/c1-10-8-14(4-5-15(10)17)18-9-13-6-11(2)16(19)12(3)7-13/h4-8,18-19H,9H2,1-3H3. The highest BCUT2D eigenvalue weighted by atomic mass is 19.1. The summed E-state index contributed by atoms with van der Waals surface area (Å²) < 4.78 is 13.2. The van der Waals surface area contributed by atoms with Crippen molar-refractivity contribution in [2.24, 2.45) is 0 Å². The Morgan fingerprint density at radius 2 is 1.63 bits per heavy atom. The van der Waals surface area contributed by atoms with Crippen molar-refractivity contribution in [2.75, 3.05) is 5.32 Å². The second-order valence-corrected chi connectivity index (χ2v) is 4.90. The predicted molar refractivity (Wildman–Crippen MR) is 76.0 cm³/mol. The highest BCUT2D eigenvalue weighted by Gasteiger charge is 2.04. The molecule has 2 nitrogen and oxygen atoms in total. The normalized spacial score (nSPS) is 10.5. The summed E-state index contributed by atoms with van der Waals surface area (Å²) in [7, 11) is 0. The van der Waals surface area contributed by atoms with Crippen molar-refractivity contribution in [1.82, 2.24) is 0 Å². The molecule has 0 aliphatic carbocycles. The lowest BCUT2D eigenvalue weighted by Gasteiger charge is -2.11. The Bertz CT molecular complexity index is 585. The molecule has 2 aromatic carbocycles. The van der Waals surface area contributed by atoms with E-state index >= 15 is 0 Å². The Hall–Kier alpha value is -2.03. The smallest absolute Gasteiger partial charge is 0.126 e. The molecule has 0 aliphatic rings. The molecule has 0 radical (unpaired) electrons. The summed E-state index contributed by atoms with van der Waals surface area (Å²) in [5.41, 5.74) is 4.35. The van der Waals surface area contributed by atoms with Crippen LogP contribution in [0.4, 0.5) is 10.1 Å². The van der Waals surface area contributed by atoms with Gasteiger partial charge in [0.15, 0.2) is 0 Å². The number of aryl methyl sites for hydroxylation is 3. The van der Waals surface area contributed by atoms with Gasteiger partial charge in [-0.2, -0.15) is 0 Å². The zero-order valence-corrected chi connectivity index (χ0v) is 11.4. The van der Waals surface area contributed by atoms with Crippen molar-refractivity contribution in [3.63, 3.8) is 0 Å². The summed E-state index contributed by atoms with van der Waals surface area (Å²) >= 11 is 0. The fourth-order valence-corrected chi connectivity index (χ4v) is 2.11. The fourth-order valence-electron chi connectivity index (χ4n) is 2.11. The lowest BCUT2D eigenvalue weighted by molar-refractivity contribution is 0.466. The molecule has 0 bridgehead atoms. The van der Waals surface area contributed by atoms with Gasteiger partial charge in [-0.05, 0) is 61.2 Å². The highest BCUT2D eigenvalue weighted by Crippen LogP contribution is 2.23. The highest BCUT2D eigenvalue weighted by molar-refractivity contribution is 5.48. The third kappa shape index (κ3) is 3.05. The summed E-state index contributed by atoms with van der Waals surface area (Å²) in [4.78, 5) is 0. The van der Waals surface area contributed by atoms with Crippen molar-refractivity contribution < 1.29 is 9.50 Å². The monoisotopic (exact) mass is 259 g/mol. The minimum atomic E-state index is -0.193. The lowest BCUT2D eigenvalue weighted by Crippen LogP contribution is -2.01. The van der Waals surface area contributed by atoms with Gasteiger partial charge in [-0.1, -0.05) is 12.1 Å². The molecule has 0 atom stereocenters. The first-order valence-corrected chi connectivity index (χ1v) is 6.26. The Morgan fingerprint density at radius 1 is 1.00 bits per heavy atom. The molecule has 0 aliphatic heterocycles. The van der Waals surface area contributed by atoms with Crippen molar-refractivity contribution in [3.8, 4) is 5.75 Å². The Labute approximate surface area is 112 Å². The fraction of sp³-hybridized carbons (Fsp3) is 0.250. The van der Waals surface area contributed by atoms with Gasteiger partial charge in [-0.25, -0.2) is 4.39 Å². The number of rotatable bonds is 3. The largest absolute Gasteiger partial charge is 0.507 e. The van der Waals surface area contributed by atoms with Crippen LogP contribution in [0.25, 0.3) is 0 Å². The number of hydrogen-bond donors (Lipinski definition) is 2. The van der Waals surface area contributed by atoms with Crippen LogP contribution in [0.15, 0.2) is 30.3 Å². The van der Waals surface area contributed by atoms with Gasteiger partial charge in [0.1, 0.15) is 11.6 Å². The van der Waals surface area contributed by atoms with Crippen LogP contribution >= 0.6 is 0 Å². The van der Waals surface area contributed by atoms with Gasteiger partial charge in [-0.15, -0.1) is 0 Å². The quantitative estimate of drug-likeness (QED) is 0.871. The SMILES string of the molecule is Cc1cc(NCc2cc(C)c(O)c(C)c2)ccc1F. The van der Waals surface area contributed by atoms with Gasteiger partial charge >= 0.3 is 0 Å². The van der Waals surface area contributed by atoms with E-state index in [2.05, 4.69) is 5.32 Å². The van der Waals surface area contributed by atoms with Crippen LogP contribution in [0.3, 0.4) is 0 Å². The van der Waals surface area contributed by atoms with Gasteiger partial charge in [0.25, 0.3) is 0 Å². The van der Waals surface area contributed by atoms with E-state index in [0.29, 0.717) is 17.9 Å². The molecule has 0 aromatic heterocycles. The first-order chi connectivity index (χ1) is 8.97. The van der Waals surface area contributed by atoms with E-state index in [4.69, 9.17) is 0 Å². The lowest BCUT2D eigenvalue weighted by atomic mass is 10.1. The molecular formula is C16H18FNO. The number of anilines is 1. The van der Waals surface area contributed by atoms with E-state index in [1.54, 1.807) is 19.1 Å². The van der Waals surface area contributed by atoms with Crippen molar-refractivity contribution in [3.05, 3.63) is 58.4 Å². The number of hydrogen-bond acceptors (Lipinski definition) is 2. The molecule has 3 heteroatoms. The third-order valence-corrected chi connectivity index (χ3v) is 3.21. The molecule has 0 amide bonds. The van der Waals surface area contributed by atoms with Crippen LogP contribution < -0.4 is 5.32 Å². The van der Waals surface area contributed by atoms with E-state index in [1.165, 1.54) is 6.07 Å². The summed E-state index contributed by atoms with van der Waals surface area (Å²) in [5.74, 6) is 0.156. The van der Waals surface area contributed by atoms with E-state index in [1.807, 2.05) is 26.0 Å². The van der Waals surface area contributed by atoms with E-state index in [9.17, 15) is 9.50 Å². The summed E-state index contributed by atoms with van der Waals surface area (Å²) in [5, 5.41) is 13.0. The molecule has 2 aromatic rings. The van der Waals surface area contributed by atoms with Crippen LogP contribution in [0, 0.1) is 26.6 Å². The number of nitrogens with one attached hydrogen (secondary N) is 1. The summed E-state index contributed by atoms with van der Waals surface area (Å²) in [6.07, 6.45) is 0. The molecule has 2 N–H and O–H groups in total. The van der Waals surface area contributed by atoms with Crippen molar-refractivity contribution >= 4 is 5.69 Å². The maximum atomic E-state index is 13.2. The topological polar surface area (TPSA) is 32.3 Å². The molecule has 0 heterocycles. The maximum Gasteiger partial charge on any atom is 0.126 e. The van der Waals surface area contributed by atoms with Crippen LogP contribution in [-0.2, 0) is 6.54 Å². The summed E-state index contributed by atoms with van der Waals surface area (Å²) in [6.45, 7) is 6.16. The van der Waals surface area contributed by atoms with Gasteiger partial charge in [0.2, 0.25) is 0 Å². The number of phenols is 1. The average molecular weight is 259 g/mol. The van der Waals surface area contributed by atoms with Crippen LogP contribution in [0.1, 0.15) is 22.3 Å². The van der Waals surface area contributed by atoms with Crippen LogP contribution in [0.5, 0.6) is 5.75 Å². The maximum absolute atomic E-state index is 13.2. The number of aromatic hydroxyl groups is 1. The summed E-state index contributed by atoms with van der Waals surface area (Å²) in [6, 6.07) is 8.88. The molecule has 0 saturated heterocycles. The zero-order chi connectivity index (χ0) is 14.0. The molecule has 0 fully saturated rings. The first kappa shape index (κ1) is 13.4. The molecule has 0 spiro atoms. The molecule has 19 heavy (non-hydrogen) atoms. The molecule has 2 rings (SSSR count). The first-order valence-electron chi connectivity index (χ1n) is 6.26. The molecule has 0 unspecified atom stereocenters. The molecule has 100 valence electrons. The minimum absolute atomic E-state index is 0.193. The Balaban J connectivity index is 2.12. The Kier molecular flexibility index (Phi) is 3.74. The molecule has 0 saturated carbocycles. The van der Waals surface area contributed by atoms with Gasteiger partial charge in [0, 0.05) is 12.2 Å². The van der Waals surface area contributed by atoms with Crippen molar-refractivity contribution in [1.29, 1.82) is 0 Å². The predicted octanol–water partition coefficient (Wildman–Crippen LogP) is 4.07. The average Bonchev–Trinajstić information content (AvgIpc) is 2.37. The van der Waals surface area contributed by atoms with E-state index in [0.717, 1.165) is 22.4 Å². The van der Waals surface area contributed by atoms with Crippen molar-refractivity contribution in [2.45, 2.75) is 27.3 Å². The van der Waals surface area contributed by atoms with Crippen LogP contribution in [0.2, 0.25) is 0 Å². The number of phenolic OH excluding ortho intramolecular Hbond substituents is 1. The van der Waals surface area contributed by atoms with Gasteiger partial charge < -0.3 is 10.4 Å². The van der Waals surface area contributed by atoms with Gasteiger partial charge in [-0.3, -0.25) is 0 Å². The van der Waals surface area contributed by atoms with Gasteiger partial charge in [0.05, 0.1) is 0 Å². The third-order valence-electron chi connectivity index (χ3n) is 3.21. The van der Waals surface area contributed by atoms with E-state index in [-0.39, 0.29) is 5.82 Å². The number of halogens is 1. The molecular weight excluding hydrogens is 241 g/mol. The van der Waals surface area contributed by atoms with Crippen LogP contribution in [-0.4, -0.2) is 5.11 Å².